The summed E-state index contributed by atoms with van der Waals surface area (Å²) in [4.78, 5) is 16.6. The molecule has 0 saturated heterocycles. The van der Waals surface area contributed by atoms with Gasteiger partial charge in [0.15, 0.2) is 5.75 Å². The maximum atomic E-state index is 11.5. The molecule has 0 unspecified atom stereocenters. The first-order valence-corrected chi connectivity index (χ1v) is 10.4. The molecule has 6 heteroatoms. The van der Waals surface area contributed by atoms with Crippen molar-refractivity contribution in [1.29, 1.82) is 0 Å². The van der Waals surface area contributed by atoms with E-state index in [2.05, 4.69) is 0 Å². The standard InChI is InChI=1S/C24H16N2O3S/c27-26(28)18-12-22-20(23(13-18)30-15-16-6-2-1-3-7-16)14-25-24-19-9-5-4-8-17(19)10-11-21(24)29-22/h1-14H,15H2. The highest BCUT2D eigenvalue weighted by Crippen LogP contribution is 2.44. The Morgan fingerprint density at radius 2 is 1.73 bits per heavy atom. The monoisotopic (exact) mass is 412 g/mol. The van der Waals surface area contributed by atoms with Crippen LogP contribution < -0.4 is 4.74 Å². The Morgan fingerprint density at radius 1 is 0.933 bits per heavy atom. The van der Waals surface area contributed by atoms with Crippen LogP contribution in [0.5, 0.6) is 11.5 Å². The molecule has 0 saturated carbocycles. The van der Waals surface area contributed by atoms with Gasteiger partial charge in [0.05, 0.1) is 11.0 Å². The quantitative estimate of drug-likeness (QED) is 0.183. The van der Waals surface area contributed by atoms with Gasteiger partial charge in [-0.2, -0.15) is 0 Å². The number of nitro benzene ring substituents is 1. The third-order valence-electron chi connectivity index (χ3n) is 4.94. The van der Waals surface area contributed by atoms with Crippen LogP contribution in [0.2, 0.25) is 0 Å². The van der Waals surface area contributed by atoms with Crippen molar-refractivity contribution in [2.75, 3.05) is 0 Å². The van der Waals surface area contributed by atoms with Gasteiger partial charge in [-0.3, -0.25) is 15.1 Å². The van der Waals surface area contributed by atoms with Gasteiger partial charge in [-0.15, -0.1) is 11.8 Å². The minimum Gasteiger partial charge on any atom is -0.454 e. The van der Waals surface area contributed by atoms with E-state index in [-0.39, 0.29) is 10.6 Å². The number of hydrogen-bond acceptors (Lipinski definition) is 5. The van der Waals surface area contributed by atoms with Crippen LogP contribution in [0.4, 0.5) is 11.4 Å². The summed E-state index contributed by atoms with van der Waals surface area (Å²) in [5.74, 6) is 1.72. The summed E-state index contributed by atoms with van der Waals surface area (Å²) in [6.45, 7) is 0. The smallest absolute Gasteiger partial charge is 0.274 e. The average Bonchev–Trinajstić information content (AvgIpc) is 2.97. The largest absolute Gasteiger partial charge is 0.454 e. The Labute approximate surface area is 177 Å². The van der Waals surface area contributed by atoms with Gasteiger partial charge < -0.3 is 4.74 Å². The lowest BCUT2D eigenvalue weighted by Gasteiger charge is -2.12. The van der Waals surface area contributed by atoms with Gasteiger partial charge in [-0.1, -0.05) is 60.7 Å². The number of fused-ring (bicyclic) bond motifs is 4. The van der Waals surface area contributed by atoms with E-state index in [1.165, 1.54) is 17.8 Å². The minimum atomic E-state index is -0.389. The Bertz CT molecular complexity index is 1300. The van der Waals surface area contributed by atoms with Crippen LogP contribution in [-0.4, -0.2) is 11.1 Å². The average molecular weight is 412 g/mol. The van der Waals surface area contributed by atoms with Gasteiger partial charge in [0.25, 0.3) is 5.69 Å². The summed E-state index contributed by atoms with van der Waals surface area (Å²) >= 11 is 1.54. The van der Waals surface area contributed by atoms with E-state index < -0.39 is 0 Å². The second-order valence-electron chi connectivity index (χ2n) is 6.88. The van der Waals surface area contributed by atoms with Crippen LogP contribution >= 0.6 is 11.8 Å². The van der Waals surface area contributed by atoms with Crippen LogP contribution in [0, 0.1) is 10.1 Å². The molecule has 1 aliphatic rings. The highest BCUT2D eigenvalue weighted by atomic mass is 32.2. The van der Waals surface area contributed by atoms with Gasteiger partial charge in [0.2, 0.25) is 0 Å². The molecule has 0 atom stereocenters. The van der Waals surface area contributed by atoms with Gasteiger partial charge >= 0.3 is 0 Å². The third-order valence-corrected chi connectivity index (χ3v) is 6.07. The van der Waals surface area contributed by atoms with Crippen molar-refractivity contribution in [1.82, 2.24) is 0 Å². The Morgan fingerprint density at radius 3 is 2.57 bits per heavy atom. The molecule has 30 heavy (non-hydrogen) atoms. The molecule has 146 valence electrons. The Balaban J connectivity index is 1.60. The van der Waals surface area contributed by atoms with E-state index >= 15 is 0 Å². The summed E-state index contributed by atoms with van der Waals surface area (Å²) in [5.41, 5.74) is 2.62. The van der Waals surface area contributed by atoms with Crippen LogP contribution in [0.25, 0.3) is 10.8 Å². The number of non-ortho nitro benzene ring substituents is 1. The molecule has 4 aromatic carbocycles. The molecule has 0 aromatic heterocycles. The van der Waals surface area contributed by atoms with Gasteiger partial charge in [-0.25, -0.2) is 0 Å². The lowest BCUT2D eigenvalue weighted by atomic mass is 10.1. The Hall–Kier alpha value is -3.64. The summed E-state index contributed by atoms with van der Waals surface area (Å²) in [5, 5.41) is 13.6. The number of rotatable bonds is 4. The first-order chi connectivity index (χ1) is 14.7. The van der Waals surface area contributed by atoms with Crippen LogP contribution in [0.3, 0.4) is 0 Å². The van der Waals surface area contributed by atoms with Gasteiger partial charge in [0, 0.05) is 33.9 Å². The van der Waals surface area contributed by atoms with Gasteiger partial charge in [0.1, 0.15) is 11.4 Å². The molecule has 5 rings (SSSR count). The van der Waals surface area contributed by atoms with E-state index in [1.54, 1.807) is 12.3 Å². The first-order valence-electron chi connectivity index (χ1n) is 9.42. The molecular weight excluding hydrogens is 396 g/mol. The normalized spacial score (nSPS) is 12.0. The number of nitrogens with zero attached hydrogens (tertiary/aromatic N) is 2. The maximum Gasteiger partial charge on any atom is 0.274 e. The van der Waals surface area contributed by atoms with Crippen molar-refractivity contribution < 1.29 is 9.66 Å². The maximum absolute atomic E-state index is 11.5. The summed E-state index contributed by atoms with van der Waals surface area (Å²) < 4.78 is 6.15. The predicted molar refractivity (Wildman–Crippen MR) is 120 cm³/mol. The molecule has 0 bridgehead atoms. The van der Waals surface area contributed by atoms with E-state index in [1.807, 2.05) is 66.7 Å². The number of hydrogen-bond donors (Lipinski definition) is 0. The number of aliphatic imine (C=N–C) groups is 1. The number of benzene rings is 4. The Kier molecular flexibility index (Phi) is 4.69. The van der Waals surface area contributed by atoms with Crippen molar-refractivity contribution >= 4 is 40.1 Å². The second-order valence-corrected chi connectivity index (χ2v) is 7.90. The fourth-order valence-electron chi connectivity index (χ4n) is 3.46. The van der Waals surface area contributed by atoms with E-state index in [0.29, 0.717) is 17.3 Å². The topological polar surface area (TPSA) is 64.7 Å². The molecular formula is C24H16N2O3S. The fourth-order valence-corrected chi connectivity index (χ4v) is 4.48. The van der Waals surface area contributed by atoms with E-state index in [4.69, 9.17) is 9.73 Å². The van der Waals surface area contributed by atoms with Gasteiger partial charge in [-0.05, 0) is 17.0 Å². The summed E-state index contributed by atoms with van der Waals surface area (Å²) in [6, 6.07) is 24.9. The van der Waals surface area contributed by atoms with Crippen LogP contribution in [0.15, 0.2) is 88.8 Å². The molecule has 0 spiro atoms. The van der Waals surface area contributed by atoms with Crippen molar-refractivity contribution in [3.8, 4) is 11.5 Å². The van der Waals surface area contributed by atoms with Crippen molar-refractivity contribution in [3.05, 3.63) is 100 Å². The highest BCUT2D eigenvalue weighted by Gasteiger charge is 2.21. The minimum absolute atomic E-state index is 0.00181. The summed E-state index contributed by atoms with van der Waals surface area (Å²) in [7, 11) is 0. The zero-order chi connectivity index (χ0) is 20.5. The molecule has 0 radical (unpaired) electrons. The highest BCUT2D eigenvalue weighted by molar-refractivity contribution is 7.98. The van der Waals surface area contributed by atoms with Crippen molar-refractivity contribution in [3.63, 3.8) is 0 Å². The molecule has 0 N–H and O–H groups in total. The molecule has 5 nitrogen and oxygen atoms in total. The molecule has 0 aliphatic carbocycles. The molecule has 0 fully saturated rings. The predicted octanol–water partition coefficient (Wildman–Crippen LogP) is 6.90. The van der Waals surface area contributed by atoms with Crippen LogP contribution in [0.1, 0.15) is 11.1 Å². The van der Waals surface area contributed by atoms with Crippen LogP contribution in [-0.2, 0) is 5.75 Å². The second kappa shape index (κ2) is 7.65. The molecule has 4 aromatic rings. The van der Waals surface area contributed by atoms with E-state index in [0.717, 1.165) is 32.5 Å². The lowest BCUT2D eigenvalue weighted by molar-refractivity contribution is -0.385. The zero-order valence-electron chi connectivity index (χ0n) is 15.8. The number of thioether (sulfide) groups is 1. The third kappa shape index (κ3) is 3.42. The van der Waals surface area contributed by atoms with Crippen molar-refractivity contribution in [2.24, 2.45) is 4.99 Å². The van der Waals surface area contributed by atoms with Crippen molar-refractivity contribution in [2.45, 2.75) is 10.6 Å². The van der Waals surface area contributed by atoms with E-state index in [9.17, 15) is 10.1 Å². The lowest BCUT2D eigenvalue weighted by Crippen LogP contribution is -1.96. The molecule has 0 amide bonds. The SMILES string of the molecule is O=[N+]([O-])c1cc2c(c(SCc3ccccc3)c1)C=Nc1c(ccc3ccccc13)O2. The molecule has 1 heterocycles. The zero-order valence-corrected chi connectivity index (χ0v) is 16.6. The summed E-state index contributed by atoms with van der Waals surface area (Å²) in [6.07, 6.45) is 1.75. The number of nitro groups is 1. The first kappa shape index (κ1) is 18.4. The molecule has 1 aliphatic heterocycles. The number of ether oxygens (including phenoxy) is 1. The fraction of sp³-hybridized carbons (Fsp3) is 0.0417.